The number of nitrogens with zero attached hydrogens (tertiary/aromatic N) is 3. The summed E-state index contributed by atoms with van der Waals surface area (Å²) in [6.45, 7) is 0. The van der Waals surface area contributed by atoms with Gasteiger partial charge in [0.2, 0.25) is 0 Å². The number of aromatic nitrogens is 3. The van der Waals surface area contributed by atoms with Gasteiger partial charge in [-0.1, -0.05) is 0 Å². The van der Waals surface area contributed by atoms with Gasteiger partial charge in [-0.15, -0.1) is 0 Å². The number of carbonyl (C=O) groups is 1. The highest BCUT2D eigenvalue weighted by Crippen LogP contribution is 2.24. The Hall–Kier alpha value is -2.37. The molecule has 0 spiro atoms. The van der Waals surface area contributed by atoms with E-state index in [1.165, 1.54) is 10.9 Å². The molecule has 0 atom stereocenters. The molecule has 0 aliphatic rings. The number of carboxylic acid groups (broad SMARTS) is 1. The molecule has 0 unspecified atom stereocenters. The summed E-state index contributed by atoms with van der Waals surface area (Å²) in [5.74, 6) is -0.417. The van der Waals surface area contributed by atoms with Crippen molar-refractivity contribution in [1.82, 2.24) is 14.8 Å². The number of rotatable bonds is 3. The third-order valence-corrected chi connectivity index (χ3v) is 2.38. The van der Waals surface area contributed by atoms with Crippen LogP contribution in [0.3, 0.4) is 0 Å². The lowest BCUT2D eigenvalue weighted by atomic mass is 10.1. The second kappa shape index (κ2) is 4.25. The third kappa shape index (κ3) is 1.96. The summed E-state index contributed by atoms with van der Waals surface area (Å²) in [4.78, 5) is 15.2. The Morgan fingerprint density at radius 3 is 2.94 bits per heavy atom. The maximum absolute atomic E-state index is 11.1. The molecule has 6 nitrogen and oxygen atoms in total. The van der Waals surface area contributed by atoms with Gasteiger partial charge in [-0.25, -0.2) is 4.79 Å². The van der Waals surface area contributed by atoms with Crippen molar-refractivity contribution in [2.75, 3.05) is 7.11 Å². The van der Waals surface area contributed by atoms with Gasteiger partial charge in [-0.05, 0) is 6.07 Å². The quantitative estimate of drug-likeness (QED) is 0.861. The average Bonchev–Trinajstić information content (AvgIpc) is 2.71. The molecule has 88 valence electrons. The lowest BCUT2D eigenvalue weighted by Gasteiger charge is -2.03. The number of ether oxygens (including phenoxy) is 1. The van der Waals surface area contributed by atoms with Gasteiger partial charge in [0, 0.05) is 19.3 Å². The Balaban J connectivity index is 2.56. The fourth-order valence-electron chi connectivity index (χ4n) is 1.56. The van der Waals surface area contributed by atoms with Crippen molar-refractivity contribution in [2.45, 2.75) is 0 Å². The Morgan fingerprint density at radius 1 is 1.53 bits per heavy atom. The van der Waals surface area contributed by atoms with Crippen LogP contribution in [-0.2, 0) is 7.05 Å². The zero-order valence-electron chi connectivity index (χ0n) is 9.41. The molecule has 2 aromatic rings. The summed E-state index contributed by atoms with van der Waals surface area (Å²) in [5, 5.41) is 13.0. The Labute approximate surface area is 97.5 Å². The molecule has 0 saturated heterocycles. The van der Waals surface area contributed by atoms with Crippen LogP contribution in [0.1, 0.15) is 10.5 Å². The van der Waals surface area contributed by atoms with E-state index < -0.39 is 5.97 Å². The second-order valence-electron chi connectivity index (χ2n) is 3.42. The second-order valence-corrected chi connectivity index (χ2v) is 3.42. The number of carboxylic acids is 1. The van der Waals surface area contributed by atoms with Gasteiger partial charge in [0.25, 0.3) is 0 Å². The molecule has 6 heteroatoms. The predicted molar refractivity (Wildman–Crippen MR) is 60.0 cm³/mol. The van der Waals surface area contributed by atoms with Gasteiger partial charge in [-0.2, -0.15) is 5.10 Å². The molecular weight excluding hydrogens is 222 g/mol. The summed E-state index contributed by atoms with van der Waals surface area (Å²) >= 11 is 0. The minimum atomic E-state index is -1.04. The molecule has 0 bridgehead atoms. The lowest BCUT2D eigenvalue weighted by Crippen LogP contribution is -2.07. The van der Waals surface area contributed by atoms with E-state index in [2.05, 4.69) is 10.1 Å². The van der Waals surface area contributed by atoms with Crippen LogP contribution in [-0.4, -0.2) is 33.0 Å². The molecule has 2 aromatic heterocycles. The minimum absolute atomic E-state index is 0.103. The molecule has 0 aromatic carbocycles. The summed E-state index contributed by atoms with van der Waals surface area (Å²) < 4.78 is 6.37. The summed E-state index contributed by atoms with van der Waals surface area (Å²) in [7, 11) is 3.12. The molecule has 0 radical (unpaired) electrons. The minimum Gasteiger partial charge on any atom is -0.497 e. The lowest BCUT2D eigenvalue weighted by molar-refractivity contribution is 0.0686. The van der Waals surface area contributed by atoms with Crippen LogP contribution in [0.4, 0.5) is 0 Å². The molecule has 2 heterocycles. The first kappa shape index (κ1) is 11.1. The highest BCUT2D eigenvalue weighted by atomic mass is 16.5. The number of hydrogen-bond acceptors (Lipinski definition) is 4. The van der Waals surface area contributed by atoms with Crippen LogP contribution in [0.25, 0.3) is 11.3 Å². The van der Waals surface area contributed by atoms with Crippen molar-refractivity contribution in [3.8, 4) is 17.0 Å². The molecule has 0 aliphatic carbocycles. The van der Waals surface area contributed by atoms with Crippen molar-refractivity contribution in [1.29, 1.82) is 0 Å². The van der Waals surface area contributed by atoms with Crippen LogP contribution in [0.2, 0.25) is 0 Å². The van der Waals surface area contributed by atoms with Gasteiger partial charge in [0.05, 0.1) is 24.6 Å². The normalized spacial score (nSPS) is 10.2. The number of aryl methyl sites for hydroxylation is 1. The van der Waals surface area contributed by atoms with Crippen molar-refractivity contribution < 1.29 is 14.6 Å². The van der Waals surface area contributed by atoms with E-state index >= 15 is 0 Å². The van der Waals surface area contributed by atoms with E-state index in [0.29, 0.717) is 17.0 Å². The monoisotopic (exact) mass is 233 g/mol. The largest absolute Gasteiger partial charge is 0.497 e. The van der Waals surface area contributed by atoms with Crippen molar-refractivity contribution in [3.63, 3.8) is 0 Å². The van der Waals surface area contributed by atoms with E-state index in [4.69, 9.17) is 9.84 Å². The van der Waals surface area contributed by atoms with E-state index in [1.807, 2.05) is 0 Å². The number of methoxy groups -OCH3 is 1. The van der Waals surface area contributed by atoms with E-state index in [-0.39, 0.29) is 5.69 Å². The van der Waals surface area contributed by atoms with E-state index in [1.54, 1.807) is 32.5 Å². The summed E-state index contributed by atoms with van der Waals surface area (Å²) in [5.41, 5.74) is 1.10. The van der Waals surface area contributed by atoms with Crippen molar-refractivity contribution in [2.24, 2.45) is 7.05 Å². The summed E-state index contributed by atoms with van der Waals surface area (Å²) in [6, 6.07) is 3.36. The first-order chi connectivity index (χ1) is 8.13. The number of pyridine rings is 1. The first-order valence-corrected chi connectivity index (χ1v) is 4.89. The maximum Gasteiger partial charge on any atom is 0.354 e. The maximum atomic E-state index is 11.1. The van der Waals surface area contributed by atoms with Gasteiger partial charge in [-0.3, -0.25) is 9.67 Å². The summed E-state index contributed by atoms with van der Waals surface area (Å²) in [6.07, 6.45) is 3.04. The van der Waals surface area contributed by atoms with E-state index in [0.717, 1.165) is 0 Å². The first-order valence-electron chi connectivity index (χ1n) is 4.89. The van der Waals surface area contributed by atoms with Gasteiger partial charge in [0.1, 0.15) is 5.75 Å². The van der Waals surface area contributed by atoms with Crippen LogP contribution < -0.4 is 4.74 Å². The van der Waals surface area contributed by atoms with E-state index in [9.17, 15) is 4.79 Å². The number of aromatic carboxylic acids is 1. The molecular formula is C11H11N3O3. The standard InChI is InChI=1S/C11H11N3O3/c1-14-10(11(15)16)8(6-13-14)9-5-7(17-2)3-4-12-9/h3-6H,1-2H3,(H,15,16). The molecule has 0 aliphatic heterocycles. The zero-order valence-corrected chi connectivity index (χ0v) is 9.41. The fraction of sp³-hybridized carbons (Fsp3) is 0.182. The number of hydrogen-bond donors (Lipinski definition) is 1. The molecule has 1 N–H and O–H groups in total. The van der Waals surface area contributed by atoms with Crippen molar-refractivity contribution >= 4 is 5.97 Å². The third-order valence-electron chi connectivity index (χ3n) is 2.38. The molecule has 0 saturated carbocycles. The van der Waals surface area contributed by atoms with Crippen LogP contribution in [0.15, 0.2) is 24.5 Å². The Morgan fingerprint density at radius 2 is 2.29 bits per heavy atom. The topological polar surface area (TPSA) is 77.2 Å². The SMILES string of the molecule is COc1ccnc(-c2cnn(C)c2C(=O)O)c1. The van der Waals surface area contributed by atoms with Gasteiger partial charge >= 0.3 is 5.97 Å². The average molecular weight is 233 g/mol. The Bertz CT molecular complexity index is 563. The molecule has 17 heavy (non-hydrogen) atoms. The van der Waals surface area contributed by atoms with Crippen molar-refractivity contribution in [3.05, 3.63) is 30.2 Å². The molecule has 0 amide bonds. The van der Waals surface area contributed by atoms with Crippen LogP contribution in [0, 0.1) is 0 Å². The highest BCUT2D eigenvalue weighted by Gasteiger charge is 2.18. The predicted octanol–water partition coefficient (Wildman–Crippen LogP) is 1.19. The molecule has 2 rings (SSSR count). The van der Waals surface area contributed by atoms with Crippen LogP contribution in [0.5, 0.6) is 5.75 Å². The van der Waals surface area contributed by atoms with Gasteiger partial charge in [0.15, 0.2) is 5.69 Å². The zero-order chi connectivity index (χ0) is 12.4. The van der Waals surface area contributed by atoms with Gasteiger partial charge < -0.3 is 9.84 Å². The highest BCUT2D eigenvalue weighted by molar-refractivity contribution is 5.93. The molecule has 0 fully saturated rings. The smallest absolute Gasteiger partial charge is 0.354 e. The fourth-order valence-corrected chi connectivity index (χ4v) is 1.56. The van der Waals surface area contributed by atoms with Crippen LogP contribution >= 0.6 is 0 Å². The Kier molecular flexibility index (Phi) is 2.78.